The Kier molecular flexibility index (Phi) is 14.7. The zero-order valence-corrected chi connectivity index (χ0v) is 19.7. The lowest BCUT2D eigenvalue weighted by Crippen LogP contribution is -2.46. The molecule has 0 aliphatic heterocycles. The van der Waals surface area contributed by atoms with Crippen LogP contribution in [0.2, 0.25) is 0 Å². The Hall–Kier alpha value is -4.64. The molecule has 14 heteroatoms. The maximum absolute atomic E-state index is 12.0. The number of nitrogens with one attached hydrogen (secondary N) is 2. The Bertz CT molecular complexity index is 1010. The zero-order chi connectivity index (χ0) is 27.7. The Balaban J connectivity index is 0.00000156. The quantitative estimate of drug-likeness (QED) is 0.196. The van der Waals surface area contributed by atoms with E-state index in [9.17, 15) is 29.4 Å². The molecule has 2 atom stereocenters. The van der Waals surface area contributed by atoms with Crippen LogP contribution in [0.5, 0.6) is 5.75 Å². The van der Waals surface area contributed by atoms with Crippen LogP contribution in [-0.4, -0.2) is 50.2 Å². The number of benzene rings is 1. The molecule has 0 aliphatic rings. The third-order valence-corrected chi connectivity index (χ3v) is 4.25. The minimum Gasteiger partial charge on any atom is -0.508 e. The van der Waals surface area contributed by atoms with Gasteiger partial charge in [0.2, 0.25) is 17.7 Å². The molecule has 1 heterocycles. The average molecular weight is 506 g/mol. The maximum Gasteiger partial charge on any atom is 0.326 e. The number of phenolic OH excluding ortho intramolecular Hbond substituents is 1. The number of carbonyl (C=O) groups excluding carboxylic acids is 3. The molecule has 0 unspecified atom stereocenters. The molecule has 0 saturated heterocycles. The number of carbonyl (C=O) groups is 4. The van der Waals surface area contributed by atoms with Gasteiger partial charge in [-0.2, -0.15) is 4.98 Å². The van der Waals surface area contributed by atoms with Gasteiger partial charge in [0.1, 0.15) is 11.8 Å². The van der Waals surface area contributed by atoms with Gasteiger partial charge in [0.05, 0.1) is 12.6 Å². The van der Waals surface area contributed by atoms with Crippen LogP contribution in [0.4, 0.5) is 4.79 Å². The van der Waals surface area contributed by atoms with Gasteiger partial charge < -0.3 is 42.6 Å². The minimum absolute atomic E-state index is 0.0302. The van der Waals surface area contributed by atoms with Crippen molar-refractivity contribution in [1.29, 1.82) is 0 Å². The van der Waals surface area contributed by atoms with Gasteiger partial charge in [0.25, 0.3) is 0 Å². The number of amides is 4. The first kappa shape index (κ1) is 31.4. The summed E-state index contributed by atoms with van der Waals surface area (Å²) in [4.78, 5) is 47.8. The number of aromatic nitrogens is 2. The van der Waals surface area contributed by atoms with Crippen LogP contribution < -0.4 is 27.8 Å². The number of primary amides is 2. The van der Waals surface area contributed by atoms with E-state index in [1.165, 1.54) is 12.1 Å². The largest absolute Gasteiger partial charge is 0.508 e. The summed E-state index contributed by atoms with van der Waals surface area (Å²) in [6, 6.07) is 3.41. The number of carboxylic acid groups (broad SMARTS) is 1. The standard InChI is InChI=1S/C17H22N6O6.C3H7NO.C2H2/c18-11(5-6-13(19)25)15-22-14(29-23-15)8-20-17(28)21-12(16(26)27)7-9-1-3-10(24)4-2-9;1-2-3(4)5;1-2/h1-4,11-12,24H,5-8,18H2,(H2,19,25)(H,26,27)(H2,20,21,28);2H2,1H3,(H2,4,5);1-2H/t11-,12-;;/m0../s1. The molecule has 0 saturated carbocycles. The number of rotatable bonds is 11. The van der Waals surface area contributed by atoms with E-state index in [2.05, 4.69) is 39.4 Å². The lowest BCUT2D eigenvalue weighted by Gasteiger charge is -2.15. The highest BCUT2D eigenvalue weighted by Crippen LogP contribution is 2.13. The predicted octanol–water partition coefficient (Wildman–Crippen LogP) is -0.333. The van der Waals surface area contributed by atoms with Crippen LogP contribution in [0.25, 0.3) is 0 Å². The highest BCUT2D eigenvalue weighted by atomic mass is 16.5. The monoisotopic (exact) mass is 505 g/mol. The number of hydrogen-bond acceptors (Lipinski definition) is 9. The fraction of sp³-hybridized carbons (Fsp3) is 0.364. The molecule has 0 spiro atoms. The number of carboxylic acids is 1. The third kappa shape index (κ3) is 13.2. The number of phenols is 1. The topological polar surface area (TPSA) is 250 Å². The van der Waals surface area contributed by atoms with Crippen molar-refractivity contribution in [3.05, 3.63) is 41.5 Å². The molecule has 0 bridgehead atoms. The van der Waals surface area contributed by atoms with Gasteiger partial charge in [-0.15, -0.1) is 12.8 Å². The molecule has 196 valence electrons. The molecule has 2 rings (SSSR count). The van der Waals surface area contributed by atoms with E-state index in [1.54, 1.807) is 19.1 Å². The summed E-state index contributed by atoms with van der Waals surface area (Å²) in [6.07, 6.45) is 8.80. The van der Waals surface area contributed by atoms with E-state index in [0.29, 0.717) is 12.0 Å². The number of hydrogen-bond donors (Lipinski definition) is 7. The lowest BCUT2D eigenvalue weighted by molar-refractivity contribution is -0.139. The van der Waals surface area contributed by atoms with Crippen molar-refractivity contribution < 1.29 is 33.9 Å². The Labute approximate surface area is 207 Å². The molecule has 0 aliphatic carbocycles. The Morgan fingerprint density at radius 2 is 1.69 bits per heavy atom. The SMILES string of the molecule is C#C.CCC(N)=O.NC(=O)CC[C@H](N)c1noc(CNC(=O)N[C@@H](Cc2ccc(O)cc2)C(=O)O)n1. The first-order chi connectivity index (χ1) is 17.0. The summed E-state index contributed by atoms with van der Waals surface area (Å²) in [5.41, 5.74) is 16.2. The summed E-state index contributed by atoms with van der Waals surface area (Å²) in [5.74, 6) is -1.67. The summed E-state index contributed by atoms with van der Waals surface area (Å²) in [6.45, 7) is 1.58. The molecule has 14 nitrogen and oxygen atoms in total. The molecular formula is C22H31N7O7. The maximum atomic E-state index is 12.0. The molecule has 1 aromatic carbocycles. The number of aromatic hydroxyl groups is 1. The third-order valence-electron chi connectivity index (χ3n) is 4.25. The number of nitrogens with two attached hydrogens (primary N) is 3. The van der Waals surface area contributed by atoms with Crippen molar-refractivity contribution in [1.82, 2.24) is 20.8 Å². The number of terminal acetylenes is 1. The molecule has 4 amide bonds. The second-order valence-electron chi connectivity index (χ2n) is 7.07. The van der Waals surface area contributed by atoms with Gasteiger partial charge in [-0.3, -0.25) is 9.59 Å². The Morgan fingerprint density at radius 1 is 1.11 bits per heavy atom. The van der Waals surface area contributed by atoms with E-state index < -0.39 is 30.0 Å². The highest BCUT2D eigenvalue weighted by molar-refractivity contribution is 5.82. The fourth-order valence-corrected chi connectivity index (χ4v) is 2.35. The van der Waals surface area contributed by atoms with Crippen LogP contribution in [0.1, 0.15) is 49.5 Å². The van der Waals surface area contributed by atoms with Crippen LogP contribution in [0.3, 0.4) is 0 Å². The molecule has 36 heavy (non-hydrogen) atoms. The van der Waals surface area contributed by atoms with E-state index in [-0.39, 0.29) is 49.2 Å². The van der Waals surface area contributed by atoms with Gasteiger partial charge in [0.15, 0.2) is 5.82 Å². The van der Waals surface area contributed by atoms with Crippen molar-refractivity contribution in [3.8, 4) is 18.6 Å². The van der Waals surface area contributed by atoms with Gasteiger partial charge in [0, 0.05) is 19.3 Å². The van der Waals surface area contributed by atoms with Crippen LogP contribution >= 0.6 is 0 Å². The molecule has 1 aromatic heterocycles. The second-order valence-corrected chi connectivity index (χ2v) is 7.07. The van der Waals surface area contributed by atoms with Gasteiger partial charge >= 0.3 is 12.0 Å². The van der Waals surface area contributed by atoms with Crippen molar-refractivity contribution >= 4 is 23.8 Å². The van der Waals surface area contributed by atoms with E-state index in [4.69, 9.17) is 16.0 Å². The number of urea groups is 1. The van der Waals surface area contributed by atoms with Crippen molar-refractivity contribution in [2.24, 2.45) is 17.2 Å². The van der Waals surface area contributed by atoms with Crippen molar-refractivity contribution in [3.63, 3.8) is 0 Å². The smallest absolute Gasteiger partial charge is 0.326 e. The van der Waals surface area contributed by atoms with Crippen molar-refractivity contribution in [2.45, 2.75) is 51.2 Å². The van der Waals surface area contributed by atoms with Gasteiger partial charge in [-0.05, 0) is 24.1 Å². The van der Waals surface area contributed by atoms with E-state index in [0.717, 1.165) is 0 Å². The highest BCUT2D eigenvalue weighted by Gasteiger charge is 2.21. The molecule has 10 N–H and O–H groups in total. The second kappa shape index (κ2) is 16.9. The summed E-state index contributed by atoms with van der Waals surface area (Å²) < 4.78 is 4.96. The number of nitrogens with zero attached hydrogens (tertiary/aromatic N) is 2. The zero-order valence-electron chi connectivity index (χ0n) is 19.7. The summed E-state index contributed by atoms with van der Waals surface area (Å²) in [5, 5.41) is 27.0. The average Bonchev–Trinajstić information content (AvgIpc) is 3.33. The van der Waals surface area contributed by atoms with E-state index in [1.807, 2.05) is 0 Å². The van der Waals surface area contributed by atoms with Crippen LogP contribution in [0, 0.1) is 12.8 Å². The molecule has 0 fully saturated rings. The molecule has 2 aromatic rings. The summed E-state index contributed by atoms with van der Waals surface area (Å²) >= 11 is 0. The Morgan fingerprint density at radius 3 is 2.19 bits per heavy atom. The number of aliphatic carboxylic acids is 1. The van der Waals surface area contributed by atoms with E-state index >= 15 is 0 Å². The van der Waals surface area contributed by atoms with Crippen LogP contribution in [-0.2, 0) is 27.3 Å². The van der Waals surface area contributed by atoms with Crippen molar-refractivity contribution in [2.75, 3.05) is 0 Å². The first-order valence-corrected chi connectivity index (χ1v) is 10.5. The van der Waals surface area contributed by atoms with Crippen LogP contribution in [0.15, 0.2) is 28.8 Å². The first-order valence-electron chi connectivity index (χ1n) is 10.5. The predicted molar refractivity (Wildman–Crippen MR) is 128 cm³/mol. The van der Waals surface area contributed by atoms with Gasteiger partial charge in [-0.1, -0.05) is 24.2 Å². The molecule has 0 radical (unpaired) electrons. The van der Waals surface area contributed by atoms with Gasteiger partial charge in [-0.25, -0.2) is 9.59 Å². The molecular weight excluding hydrogens is 474 g/mol. The fourth-order valence-electron chi connectivity index (χ4n) is 2.35. The lowest BCUT2D eigenvalue weighted by atomic mass is 10.1. The normalized spacial score (nSPS) is 11.3. The minimum atomic E-state index is -1.21. The summed E-state index contributed by atoms with van der Waals surface area (Å²) in [7, 11) is 0.